The van der Waals surface area contributed by atoms with Crippen molar-refractivity contribution in [1.82, 2.24) is 10.2 Å². The van der Waals surface area contributed by atoms with Crippen LogP contribution in [0.15, 0.2) is 60.7 Å². The highest BCUT2D eigenvalue weighted by Gasteiger charge is 2.23. The van der Waals surface area contributed by atoms with Gasteiger partial charge in [0.1, 0.15) is 0 Å². The molecule has 0 atom stereocenters. The Kier molecular flexibility index (Phi) is 4.25. The third kappa shape index (κ3) is 3.48. The van der Waals surface area contributed by atoms with E-state index in [1.54, 1.807) is 36.2 Å². The van der Waals surface area contributed by atoms with Gasteiger partial charge in [-0.3, -0.25) is 9.59 Å². The molecule has 7 nitrogen and oxygen atoms in total. The quantitative estimate of drug-likeness (QED) is 0.748. The van der Waals surface area contributed by atoms with Crippen LogP contribution >= 0.6 is 0 Å². The van der Waals surface area contributed by atoms with E-state index in [4.69, 9.17) is 0 Å². The second kappa shape index (κ2) is 6.87. The van der Waals surface area contributed by atoms with E-state index in [0.717, 1.165) is 16.9 Å². The monoisotopic (exact) mass is 359 g/mol. The summed E-state index contributed by atoms with van der Waals surface area (Å²) in [4.78, 5) is 25.6. The summed E-state index contributed by atoms with van der Waals surface area (Å²) in [5.41, 5.74) is 3.63. The summed E-state index contributed by atoms with van der Waals surface area (Å²) in [5.74, 6) is 0.277. The Hall–Kier alpha value is -3.74. The molecule has 134 valence electrons. The molecule has 0 fully saturated rings. The molecule has 0 saturated carbocycles. The maximum atomic E-state index is 12.2. The number of likely N-dealkylation sites (N-methyl/N-ethyl adjacent to an activating group) is 1. The third-order valence-electron chi connectivity index (χ3n) is 4.36. The lowest BCUT2D eigenvalue weighted by Gasteiger charge is -2.11. The summed E-state index contributed by atoms with van der Waals surface area (Å²) in [6, 6.07) is 18.2. The molecule has 1 aliphatic heterocycles. The molecule has 0 spiro atoms. The fourth-order valence-electron chi connectivity index (χ4n) is 2.93. The van der Waals surface area contributed by atoms with Crippen molar-refractivity contribution in [3.05, 3.63) is 71.9 Å². The molecular weight excluding hydrogens is 342 g/mol. The van der Waals surface area contributed by atoms with Crippen molar-refractivity contribution in [1.29, 1.82) is 0 Å². The van der Waals surface area contributed by atoms with E-state index in [9.17, 15) is 9.59 Å². The molecule has 0 saturated heterocycles. The number of rotatable bonds is 4. The predicted molar refractivity (Wildman–Crippen MR) is 103 cm³/mol. The average Bonchev–Trinajstić information content (AvgIpc) is 2.96. The van der Waals surface area contributed by atoms with E-state index in [-0.39, 0.29) is 17.5 Å². The standard InChI is InChI=1S/C20H17N5O2/c1-25-17-9-7-15(11-13(17)12-19(25)26)21-18-10-8-16(23-24-18)20(27)22-14-5-3-2-4-6-14/h2-11H,12H2,1H3,(H,21,24)(H,22,27). The van der Waals surface area contributed by atoms with Crippen LogP contribution in [-0.4, -0.2) is 29.1 Å². The minimum Gasteiger partial charge on any atom is -0.339 e. The highest BCUT2D eigenvalue weighted by Crippen LogP contribution is 2.30. The van der Waals surface area contributed by atoms with Crippen molar-refractivity contribution >= 4 is 34.7 Å². The zero-order chi connectivity index (χ0) is 18.8. The van der Waals surface area contributed by atoms with Gasteiger partial charge in [-0.2, -0.15) is 0 Å². The number of anilines is 4. The predicted octanol–water partition coefficient (Wildman–Crippen LogP) is 2.99. The smallest absolute Gasteiger partial charge is 0.276 e. The second-order valence-corrected chi connectivity index (χ2v) is 6.22. The summed E-state index contributed by atoms with van der Waals surface area (Å²) in [6.07, 6.45) is 0.394. The van der Waals surface area contributed by atoms with Crippen LogP contribution in [0.2, 0.25) is 0 Å². The highest BCUT2D eigenvalue weighted by atomic mass is 16.2. The number of amides is 2. The Labute approximate surface area is 156 Å². The molecular formula is C20H17N5O2. The highest BCUT2D eigenvalue weighted by molar-refractivity contribution is 6.03. The fraction of sp³-hybridized carbons (Fsp3) is 0.100. The zero-order valence-corrected chi connectivity index (χ0v) is 14.6. The van der Waals surface area contributed by atoms with Gasteiger partial charge in [-0.05, 0) is 48.0 Å². The normalized spacial score (nSPS) is 12.6. The molecule has 2 aromatic carbocycles. The number of hydrogen-bond donors (Lipinski definition) is 2. The van der Waals surface area contributed by atoms with Crippen molar-refractivity contribution in [2.45, 2.75) is 6.42 Å². The van der Waals surface area contributed by atoms with Crippen molar-refractivity contribution in [3.8, 4) is 0 Å². The molecule has 7 heteroatoms. The van der Waals surface area contributed by atoms with Gasteiger partial charge < -0.3 is 15.5 Å². The van der Waals surface area contributed by atoms with Crippen LogP contribution < -0.4 is 15.5 Å². The number of para-hydroxylation sites is 1. The van der Waals surface area contributed by atoms with Crippen molar-refractivity contribution in [2.24, 2.45) is 0 Å². The minimum atomic E-state index is -0.320. The van der Waals surface area contributed by atoms with Gasteiger partial charge in [0, 0.05) is 24.1 Å². The number of benzene rings is 2. The number of hydrogen-bond acceptors (Lipinski definition) is 5. The summed E-state index contributed by atoms with van der Waals surface area (Å²) in [6.45, 7) is 0. The Morgan fingerprint density at radius 1 is 1.00 bits per heavy atom. The van der Waals surface area contributed by atoms with Crippen LogP contribution in [0.4, 0.5) is 22.9 Å². The van der Waals surface area contributed by atoms with Crippen molar-refractivity contribution in [2.75, 3.05) is 22.6 Å². The van der Waals surface area contributed by atoms with Gasteiger partial charge in [-0.1, -0.05) is 18.2 Å². The van der Waals surface area contributed by atoms with E-state index in [2.05, 4.69) is 20.8 Å². The van der Waals surface area contributed by atoms with Gasteiger partial charge >= 0.3 is 0 Å². The Bertz CT molecular complexity index is 1000. The van der Waals surface area contributed by atoms with E-state index in [0.29, 0.717) is 17.9 Å². The van der Waals surface area contributed by atoms with Crippen LogP contribution in [-0.2, 0) is 11.2 Å². The molecule has 1 aliphatic rings. The van der Waals surface area contributed by atoms with Crippen LogP contribution in [0, 0.1) is 0 Å². The fourth-order valence-corrected chi connectivity index (χ4v) is 2.93. The SMILES string of the molecule is CN1C(=O)Cc2cc(Nc3ccc(C(=O)Nc4ccccc4)nn3)ccc21. The third-order valence-corrected chi connectivity index (χ3v) is 4.36. The molecule has 0 unspecified atom stereocenters. The molecule has 1 aromatic heterocycles. The minimum absolute atomic E-state index is 0.0794. The Morgan fingerprint density at radius 3 is 2.56 bits per heavy atom. The first-order valence-electron chi connectivity index (χ1n) is 8.47. The number of carbonyl (C=O) groups is 2. The number of nitrogens with one attached hydrogen (secondary N) is 2. The summed E-state index contributed by atoms with van der Waals surface area (Å²) < 4.78 is 0. The lowest BCUT2D eigenvalue weighted by Crippen LogP contribution is -2.20. The molecule has 3 aromatic rings. The maximum Gasteiger partial charge on any atom is 0.276 e. The topological polar surface area (TPSA) is 87.2 Å². The maximum absolute atomic E-state index is 12.2. The van der Waals surface area contributed by atoms with Gasteiger partial charge in [0.15, 0.2) is 11.5 Å². The largest absolute Gasteiger partial charge is 0.339 e. The lowest BCUT2D eigenvalue weighted by atomic mass is 10.1. The van der Waals surface area contributed by atoms with Gasteiger partial charge in [0.2, 0.25) is 5.91 Å². The summed E-state index contributed by atoms with van der Waals surface area (Å²) in [5, 5.41) is 14.0. The number of nitrogens with zero attached hydrogens (tertiary/aromatic N) is 3. The molecule has 0 radical (unpaired) electrons. The molecule has 27 heavy (non-hydrogen) atoms. The first-order valence-corrected chi connectivity index (χ1v) is 8.47. The number of fused-ring (bicyclic) bond motifs is 1. The van der Waals surface area contributed by atoms with Gasteiger partial charge in [0.25, 0.3) is 5.91 Å². The van der Waals surface area contributed by atoms with E-state index in [1.165, 1.54) is 0 Å². The summed E-state index contributed by atoms with van der Waals surface area (Å²) >= 11 is 0. The Morgan fingerprint density at radius 2 is 1.81 bits per heavy atom. The van der Waals surface area contributed by atoms with Gasteiger partial charge in [-0.25, -0.2) is 0 Å². The molecule has 2 amide bonds. The lowest BCUT2D eigenvalue weighted by molar-refractivity contribution is -0.117. The second-order valence-electron chi connectivity index (χ2n) is 6.22. The molecule has 2 N–H and O–H groups in total. The van der Waals surface area contributed by atoms with E-state index in [1.807, 2.05) is 36.4 Å². The molecule has 0 aliphatic carbocycles. The first kappa shape index (κ1) is 16.7. The first-order chi connectivity index (χ1) is 13.1. The molecule has 0 bridgehead atoms. The number of aromatic nitrogens is 2. The van der Waals surface area contributed by atoms with Crippen LogP contribution in [0.25, 0.3) is 0 Å². The Balaban J connectivity index is 1.45. The molecule has 2 heterocycles. The zero-order valence-electron chi connectivity index (χ0n) is 14.6. The van der Waals surface area contributed by atoms with Crippen LogP contribution in [0.3, 0.4) is 0 Å². The van der Waals surface area contributed by atoms with Gasteiger partial charge in [0.05, 0.1) is 6.42 Å². The van der Waals surface area contributed by atoms with Gasteiger partial charge in [-0.15, -0.1) is 10.2 Å². The van der Waals surface area contributed by atoms with Crippen molar-refractivity contribution < 1.29 is 9.59 Å². The number of carbonyl (C=O) groups excluding carboxylic acids is 2. The summed E-state index contributed by atoms with van der Waals surface area (Å²) in [7, 11) is 1.77. The molecule has 4 rings (SSSR count). The average molecular weight is 359 g/mol. The van der Waals surface area contributed by atoms with Crippen molar-refractivity contribution in [3.63, 3.8) is 0 Å². The van der Waals surface area contributed by atoms with Crippen LogP contribution in [0.5, 0.6) is 0 Å². The van der Waals surface area contributed by atoms with E-state index >= 15 is 0 Å². The van der Waals surface area contributed by atoms with Crippen LogP contribution in [0.1, 0.15) is 16.1 Å². The van der Waals surface area contributed by atoms with E-state index < -0.39 is 0 Å².